The number of aryl methyl sites for hydroxylation is 1. The van der Waals surface area contributed by atoms with Crippen LogP contribution < -0.4 is 5.56 Å². The molecule has 184 valence electrons. The molecular formula is C15H20NO14P3. The second kappa shape index (κ2) is 9.40. The van der Waals surface area contributed by atoms with E-state index in [0.717, 1.165) is 10.1 Å². The summed E-state index contributed by atoms with van der Waals surface area (Å²) in [5.74, 6) is 0. The third-order valence-electron chi connectivity index (χ3n) is 4.62. The predicted molar refractivity (Wildman–Crippen MR) is 109 cm³/mol. The number of aromatic nitrogens is 1. The Morgan fingerprint density at radius 3 is 2.27 bits per heavy atom. The first-order chi connectivity index (χ1) is 15.1. The Hall–Kier alpha value is -1.28. The lowest BCUT2D eigenvalue weighted by molar-refractivity contribution is -0.0533. The lowest BCUT2D eigenvalue weighted by atomic mass is 10.1. The van der Waals surface area contributed by atoms with Crippen LogP contribution >= 0.6 is 23.5 Å². The molecule has 2 aromatic rings. The number of hydrogen-bond acceptors (Lipinski definition) is 10. The van der Waals surface area contributed by atoms with Crippen molar-refractivity contribution in [1.29, 1.82) is 0 Å². The minimum Gasteiger partial charge on any atom is -0.387 e. The van der Waals surface area contributed by atoms with Crippen LogP contribution in [0.4, 0.5) is 0 Å². The molecule has 6 N–H and O–H groups in total. The van der Waals surface area contributed by atoms with Crippen LogP contribution in [0.5, 0.6) is 0 Å². The van der Waals surface area contributed by atoms with E-state index in [-0.39, 0.29) is 0 Å². The highest BCUT2D eigenvalue weighted by molar-refractivity contribution is 7.66. The van der Waals surface area contributed by atoms with Gasteiger partial charge in [0.2, 0.25) is 0 Å². The number of pyridine rings is 1. The van der Waals surface area contributed by atoms with Gasteiger partial charge in [-0.25, -0.2) is 13.7 Å². The van der Waals surface area contributed by atoms with Gasteiger partial charge in [-0.15, -0.1) is 0 Å². The molecule has 18 heteroatoms. The third-order valence-corrected chi connectivity index (χ3v) is 8.42. The fourth-order valence-corrected chi connectivity index (χ4v) is 6.25. The van der Waals surface area contributed by atoms with Crippen LogP contribution in [0.3, 0.4) is 0 Å². The monoisotopic (exact) mass is 531 g/mol. The normalized spacial score (nSPS) is 27.4. The average molecular weight is 531 g/mol. The zero-order valence-electron chi connectivity index (χ0n) is 16.6. The largest absolute Gasteiger partial charge is 0.490 e. The summed E-state index contributed by atoms with van der Waals surface area (Å²) >= 11 is 0. The standard InChI is InChI=1S/C15H20NO14P3/c1-8-3-2-4-10-9(8)5-6-16(14(10)19)15-13(18)12(17)11(28-15)7-27-32(23,24)30-33(25,26)29-31(20,21)22/h2-6,11-13,15,17-18H,7H2,1H3,(H,23,24)(H,25,26)(H2,20,21,22)/t11-,12-,13-,15-/m1/s1. The minimum absolute atomic E-state index is 0.319. The van der Waals surface area contributed by atoms with Crippen LogP contribution in [0.1, 0.15) is 11.8 Å². The molecule has 0 radical (unpaired) electrons. The van der Waals surface area contributed by atoms with Crippen LogP contribution in [0.2, 0.25) is 0 Å². The summed E-state index contributed by atoms with van der Waals surface area (Å²) in [6, 6.07) is 6.63. The van der Waals surface area contributed by atoms with E-state index in [1.54, 1.807) is 31.2 Å². The first kappa shape index (κ1) is 26.3. The van der Waals surface area contributed by atoms with Crippen molar-refractivity contribution in [2.75, 3.05) is 6.61 Å². The van der Waals surface area contributed by atoms with Gasteiger partial charge in [0, 0.05) is 11.6 Å². The Morgan fingerprint density at radius 1 is 0.970 bits per heavy atom. The molecule has 0 amide bonds. The Balaban J connectivity index is 1.74. The van der Waals surface area contributed by atoms with Crippen molar-refractivity contribution in [3.63, 3.8) is 0 Å². The lowest BCUT2D eigenvalue weighted by Gasteiger charge is -2.19. The summed E-state index contributed by atoms with van der Waals surface area (Å²) in [5, 5.41) is 21.5. The number of phosphoric acid groups is 3. The zero-order chi connectivity index (χ0) is 24.8. The van der Waals surface area contributed by atoms with Gasteiger partial charge in [-0.3, -0.25) is 13.9 Å². The van der Waals surface area contributed by atoms with E-state index >= 15 is 0 Å². The zero-order valence-corrected chi connectivity index (χ0v) is 19.3. The van der Waals surface area contributed by atoms with Crippen molar-refractivity contribution < 1.29 is 61.4 Å². The number of aliphatic hydroxyl groups excluding tert-OH is 2. The molecule has 1 aliphatic heterocycles. The molecule has 1 aliphatic rings. The van der Waals surface area contributed by atoms with Gasteiger partial charge < -0.3 is 34.5 Å². The van der Waals surface area contributed by atoms with Gasteiger partial charge in [0.15, 0.2) is 6.23 Å². The first-order valence-corrected chi connectivity index (χ1v) is 13.5. The van der Waals surface area contributed by atoms with Gasteiger partial charge in [0.25, 0.3) is 5.56 Å². The molecule has 0 spiro atoms. The molecule has 33 heavy (non-hydrogen) atoms. The van der Waals surface area contributed by atoms with Gasteiger partial charge in [-0.05, 0) is 30.0 Å². The first-order valence-electron chi connectivity index (χ1n) is 9.01. The van der Waals surface area contributed by atoms with E-state index in [2.05, 4.69) is 13.1 Å². The Morgan fingerprint density at radius 2 is 1.64 bits per heavy atom. The third kappa shape index (κ3) is 6.24. The van der Waals surface area contributed by atoms with Crippen LogP contribution in [-0.4, -0.2) is 59.3 Å². The molecule has 1 fully saturated rings. The number of phosphoric ester groups is 1. The molecule has 3 rings (SSSR count). The highest BCUT2D eigenvalue weighted by Crippen LogP contribution is 2.66. The summed E-state index contributed by atoms with van der Waals surface area (Å²) in [6.45, 7) is 0.815. The van der Waals surface area contributed by atoms with E-state index in [1.807, 2.05) is 0 Å². The Labute approximate surface area is 185 Å². The fourth-order valence-electron chi connectivity index (χ4n) is 3.22. The quantitative estimate of drug-likeness (QED) is 0.251. The fraction of sp³-hybridized carbons (Fsp3) is 0.400. The Bertz CT molecular complexity index is 1240. The van der Waals surface area contributed by atoms with Gasteiger partial charge >= 0.3 is 23.5 Å². The molecule has 1 aromatic heterocycles. The van der Waals surface area contributed by atoms with E-state index < -0.39 is 60.2 Å². The Kier molecular flexibility index (Phi) is 7.50. The number of nitrogens with zero attached hydrogens (tertiary/aromatic N) is 1. The summed E-state index contributed by atoms with van der Waals surface area (Å²) in [4.78, 5) is 48.5. The van der Waals surface area contributed by atoms with E-state index in [1.165, 1.54) is 6.20 Å². The second-order valence-corrected chi connectivity index (χ2v) is 11.4. The summed E-state index contributed by atoms with van der Waals surface area (Å²) in [7, 11) is -16.7. The van der Waals surface area contributed by atoms with Gasteiger partial charge in [0.05, 0.1) is 6.61 Å². The van der Waals surface area contributed by atoms with E-state index in [4.69, 9.17) is 19.4 Å². The molecule has 2 heterocycles. The maximum Gasteiger partial charge on any atom is 0.490 e. The maximum absolute atomic E-state index is 12.8. The molecule has 6 atom stereocenters. The molecule has 15 nitrogen and oxygen atoms in total. The predicted octanol–water partition coefficient (Wildman–Crippen LogP) is 0.272. The van der Waals surface area contributed by atoms with Crippen molar-refractivity contribution in [2.45, 2.75) is 31.5 Å². The lowest BCUT2D eigenvalue weighted by Crippen LogP contribution is -2.35. The SMILES string of the molecule is Cc1cccc2c(=O)n([C@@H]3O[C@H](COP(=O)(O)OP(=O)(O)OP(=O)(O)O)[C@@H](O)[C@H]3O)ccc12. The molecule has 0 aliphatic carbocycles. The smallest absolute Gasteiger partial charge is 0.387 e. The number of benzene rings is 1. The molecule has 1 saturated heterocycles. The van der Waals surface area contributed by atoms with Crippen molar-refractivity contribution in [2.24, 2.45) is 0 Å². The number of rotatable bonds is 8. The molecule has 0 bridgehead atoms. The van der Waals surface area contributed by atoms with Crippen LogP contribution in [0, 0.1) is 6.92 Å². The summed E-state index contributed by atoms with van der Waals surface area (Å²) in [5.41, 5.74) is 0.291. The number of ether oxygens (including phenoxy) is 1. The van der Waals surface area contributed by atoms with Gasteiger partial charge in [0.1, 0.15) is 18.3 Å². The van der Waals surface area contributed by atoms with Crippen molar-refractivity contribution in [1.82, 2.24) is 4.57 Å². The molecule has 2 unspecified atom stereocenters. The minimum atomic E-state index is -5.72. The average Bonchev–Trinajstić information content (AvgIpc) is 2.93. The second-order valence-electron chi connectivity index (χ2n) is 7.00. The summed E-state index contributed by atoms with van der Waals surface area (Å²) < 4.78 is 51.8. The van der Waals surface area contributed by atoms with Crippen molar-refractivity contribution in [3.8, 4) is 0 Å². The van der Waals surface area contributed by atoms with Crippen LogP contribution in [0.15, 0.2) is 35.3 Å². The van der Waals surface area contributed by atoms with E-state index in [9.17, 15) is 33.6 Å². The van der Waals surface area contributed by atoms with Gasteiger partial charge in [-0.1, -0.05) is 12.1 Å². The van der Waals surface area contributed by atoms with E-state index in [0.29, 0.717) is 10.8 Å². The maximum atomic E-state index is 12.8. The van der Waals surface area contributed by atoms with Crippen molar-refractivity contribution in [3.05, 3.63) is 46.4 Å². The number of aliphatic hydroxyl groups is 2. The highest BCUT2D eigenvalue weighted by Gasteiger charge is 2.46. The summed E-state index contributed by atoms with van der Waals surface area (Å²) in [6.07, 6.45) is -4.97. The molecule has 1 aromatic carbocycles. The van der Waals surface area contributed by atoms with Gasteiger partial charge in [-0.2, -0.15) is 8.62 Å². The number of fused-ring (bicyclic) bond motifs is 1. The van der Waals surface area contributed by atoms with Crippen LogP contribution in [-0.2, 0) is 31.6 Å². The van der Waals surface area contributed by atoms with Crippen LogP contribution in [0.25, 0.3) is 10.8 Å². The topological polar surface area (TPSA) is 232 Å². The number of hydrogen-bond donors (Lipinski definition) is 6. The molecule has 0 saturated carbocycles. The highest BCUT2D eigenvalue weighted by atomic mass is 31.3. The molecular weight excluding hydrogens is 511 g/mol. The van der Waals surface area contributed by atoms with Crippen molar-refractivity contribution >= 4 is 34.2 Å².